The van der Waals surface area contributed by atoms with Crippen molar-refractivity contribution in [3.05, 3.63) is 29.3 Å². The maximum absolute atomic E-state index is 10.9. The molecule has 2 aliphatic rings. The molecule has 0 amide bonds. The van der Waals surface area contributed by atoms with Gasteiger partial charge in [0.15, 0.2) is 0 Å². The van der Waals surface area contributed by atoms with Crippen LogP contribution >= 0.6 is 0 Å². The van der Waals surface area contributed by atoms with Crippen molar-refractivity contribution in [2.75, 3.05) is 6.61 Å². The van der Waals surface area contributed by atoms with Crippen LogP contribution in [0.5, 0.6) is 5.75 Å². The van der Waals surface area contributed by atoms with Gasteiger partial charge in [0.25, 0.3) is 0 Å². The van der Waals surface area contributed by atoms with Crippen LogP contribution in [-0.4, -0.2) is 11.7 Å². The highest BCUT2D eigenvalue weighted by Gasteiger charge is 2.43. The quantitative estimate of drug-likeness (QED) is 0.919. The lowest BCUT2D eigenvalue weighted by atomic mass is 9.65. The zero-order chi connectivity index (χ0) is 14.9. The van der Waals surface area contributed by atoms with E-state index in [4.69, 9.17) is 4.74 Å². The molecular weight excluding hydrogens is 262 g/mol. The molecule has 1 saturated carbocycles. The Bertz CT molecular complexity index is 563. The summed E-state index contributed by atoms with van der Waals surface area (Å²) < 4.78 is 5.52. The van der Waals surface area contributed by atoms with E-state index in [9.17, 15) is 10.4 Å². The second-order valence-electron chi connectivity index (χ2n) is 6.51. The fraction of sp³-hybridized carbons (Fsp3) is 0.611. The highest BCUT2D eigenvalue weighted by Crippen LogP contribution is 2.48. The van der Waals surface area contributed by atoms with Crippen LogP contribution in [0.3, 0.4) is 0 Å². The molecular formula is C18H23NO2. The molecule has 1 aromatic carbocycles. The summed E-state index contributed by atoms with van der Waals surface area (Å²) in [6, 6.07) is 8.35. The normalized spacial score (nSPS) is 29.3. The molecule has 0 saturated heterocycles. The summed E-state index contributed by atoms with van der Waals surface area (Å²) in [7, 11) is 0. The topological polar surface area (TPSA) is 53.2 Å². The minimum absolute atomic E-state index is 0.561. The molecule has 3 rings (SSSR count). The van der Waals surface area contributed by atoms with Gasteiger partial charge in [0, 0.05) is 6.42 Å². The molecule has 21 heavy (non-hydrogen) atoms. The maximum Gasteiger partial charge on any atom is 0.122 e. The van der Waals surface area contributed by atoms with E-state index in [0.29, 0.717) is 5.92 Å². The highest BCUT2D eigenvalue weighted by molar-refractivity contribution is 5.41. The molecule has 3 unspecified atom stereocenters. The van der Waals surface area contributed by atoms with Crippen LogP contribution < -0.4 is 4.74 Å². The monoisotopic (exact) mass is 285 g/mol. The number of hydrogen-bond acceptors (Lipinski definition) is 3. The molecule has 1 N–H and O–H groups in total. The maximum atomic E-state index is 10.9. The number of benzene rings is 1. The van der Waals surface area contributed by atoms with Crippen molar-refractivity contribution >= 4 is 0 Å². The average molecular weight is 285 g/mol. The molecule has 0 aromatic heterocycles. The number of ether oxygens (including phenoxy) is 1. The lowest BCUT2D eigenvalue weighted by molar-refractivity contribution is 0.0185. The van der Waals surface area contributed by atoms with Crippen LogP contribution in [0.4, 0.5) is 0 Å². The van der Waals surface area contributed by atoms with Gasteiger partial charge in [-0.15, -0.1) is 0 Å². The Kier molecular flexibility index (Phi) is 3.91. The Labute approximate surface area is 126 Å². The highest BCUT2D eigenvalue weighted by atomic mass is 16.5. The molecule has 3 heteroatoms. The van der Waals surface area contributed by atoms with Crippen molar-refractivity contribution in [3.8, 4) is 11.8 Å². The summed E-state index contributed by atoms with van der Waals surface area (Å²) in [6.07, 6.45) is 5.13. The van der Waals surface area contributed by atoms with Gasteiger partial charge in [0.05, 0.1) is 24.2 Å². The fourth-order valence-electron chi connectivity index (χ4n) is 3.88. The van der Waals surface area contributed by atoms with E-state index >= 15 is 0 Å². The lowest BCUT2D eigenvalue weighted by Crippen LogP contribution is -2.33. The largest absolute Gasteiger partial charge is 0.493 e. The Morgan fingerprint density at radius 3 is 3.14 bits per heavy atom. The number of rotatable bonds is 3. The minimum atomic E-state index is -0.692. The van der Waals surface area contributed by atoms with Crippen molar-refractivity contribution in [2.45, 2.75) is 51.6 Å². The van der Waals surface area contributed by atoms with E-state index in [2.05, 4.69) is 13.0 Å². The first-order chi connectivity index (χ1) is 10.2. The molecule has 1 aliphatic carbocycles. The number of aliphatic hydroxyl groups is 1. The van der Waals surface area contributed by atoms with E-state index in [1.807, 2.05) is 18.2 Å². The lowest BCUT2D eigenvalue weighted by Gasteiger charge is -2.39. The predicted octanol–water partition coefficient (Wildman–Crippen LogP) is 3.77. The number of nitriles is 1. The van der Waals surface area contributed by atoms with Crippen LogP contribution in [-0.2, 0) is 6.42 Å². The fourth-order valence-corrected chi connectivity index (χ4v) is 3.88. The summed E-state index contributed by atoms with van der Waals surface area (Å²) in [5.74, 6) is 1.48. The molecule has 3 nitrogen and oxygen atoms in total. The number of aliphatic hydroxyl groups excluding tert-OH is 1. The Morgan fingerprint density at radius 2 is 2.38 bits per heavy atom. The zero-order valence-corrected chi connectivity index (χ0v) is 12.6. The van der Waals surface area contributed by atoms with Crippen molar-refractivity contribution in [2.24, 2.45) is 11.3 Å². The number of nitrogens with zero attached hydrogens (tertiary/aromatic N) is 1. The molecule has 3 atom stereocenters. The van der Waals surface area contributed by atoms with Crippen LogP contribution in [0.15, 0.2) is 18.2 Å². The van der Waals surface area contributed by atoms with Crippen molar-refractivity contribution in [1.82, 2.24) is 0 Å². The summed E-state index contributed by atoms with van der Waals surface area (Å²) in [5, 5.41) is 20.6. The SMILES string of the molecule is CCC1CCCC(C#N)(C(O)c2ccc3c(c2)CCO3)C1. The summed E-state index contributed by atoms with van der Waals surface area (Å²) in [5.41, 5.74) is 1.41. The Morgan fingerprint density at radius 1 is 1.52 bits per heavy atom. The predicted molar refractivity (Wildman–Crippen MR) is 80.9 cm³/mol. The van der Waals surface area contributed by atoms with Crippen LogP contribution in [0.25, 0.3) is 0 Å². The van der Waals surface area contributed by atoms with Crippen LogP contribution in [0.2, 0.25) is 0 Å². The molecule has 1 heterocycles. The zero-order valence-electron chi connectivity index (χ0n) is 12.6. The average Bonchev–Trinajstić information content (AvgIpc) is 3.01. The summed E-state index contributed by atoms with van der Waals surface area (Å²) in [4.78, 5) is 0. The third-order valence-corrected chi connectivity index (χ3v) is 5.24. The van der Waals surface area contributed by atoms with Gasteiger partial charge in [-0.1, -0.05) is 32.3 Å². The molecule has 1 aromatic rings. The smallest absolute Gasteiger partial charge is 0.122 e. The van der Waals surface area contributed by atoms with Gasteiger partial charge in [-0.2, -0.15) is 5.26 Å². The third kappa shape index (κ3) is 2.53. The van der Waals surface area contributed by atoms with E-state index in [1.54, 1.807) is 0 Å². The van der Waals surface area contributed by atoms with Crippen molar-refractivity contribution in [1.29, 1.82) is 5.26 Å². The first-order valence-electron chi connectivity index (χ1n) is 8.03. The second kappa shape index (κ2) is 5.69. The van der Waals surface area contributed by atoms with Crippen LogP contribution in [0, 0.1) is 22.7 Å². The minimum Gasteiger partial charge on any atom is -0.493 e. The summed E-state index contributed by atoms with van der Waals surface area (Å²) in [6.45, 7) is 2.90. The van der Waals surface area contributed by atoms with Gasteiger partial charge in [-0.3, -0.25) is 0 Å². The van der Waals surface area contributed by atoms with E-state index in [0.717, 1.165) is 55.6 Å². The molecule has 0 bridgehead atoms. The standard InChI is InChI=1S/C18H23NO2/c1-2-13-4-3-8-18(11-13,12-19)17(20)15-5-6-16-14(10-15)7-9-21-16/h5-6,10,13,17,20H,2-4,7-9,11H2,1H3. The van der Waals surface area contributed by atoms with Gasteiger partial charge in [-0.05, 0) is 42.0 Å². The van der Waals surface area contributed by atoms with Gasteiger partial charge in [-0.25, -0.2) is 0 Å². The molecule has 112 valence electrons. The first kappa shape index (κ1) is 14.4. The van der Waals surface area contributed by atoms with Gasteiger partial charge >= 0.3 is 0 Å². The van der Waals surface area contributed by atoms with Gasteiger partial charge < -0.3 is 9.84 Å². The third-order valence-electron chi connectivity index (χ3n) is 5.24. The molecule has 0 radical (unpaired) electrons. The first-order valence-corrected chi connectivity index (χ1v) is 8.03. The van der Waals surface area contributed by atoms with E-state index in [-0.39, 0.29) is 0 Å². The van der Waals surface area contributed by atoms with Crippen molar-refractivity contribution in [3.63, 3.8) is 0 Å². The summed E-state index contributed by atoms with van der Waals surface area (Å²) >= 11 is 0. The van der Waals surface area contributed by atoms with Crippen molar-refractivity contribution < 1.29 is 9.84 Å². The van der Waals surface area contributed by atoms with E-state index in [1.165, 1.54) is 6.42 Å². The van der Waals surface area contributed by atoms with Crippen LogP contribution in [0.1, 0.15) is 56.3 Å². The number of fused-ring (bicyclic) bond motifs is 1. The Hall–Kier alpha value is -1.53. The Balaban J connectivity index is 1.88. The second-order valence-corrected chi connectivity index (χ2v) is 6.51. The van der Waals surface area contributed by atoms with Gasteiger partial charge in [0.2, 0.25) is 0 Å². The molecule has 1 fully saturated rings. The molecule has 0 spiro atoms. The van der Waals surface area contributed by atoms with Gasteiger partial charge in [0.1, 0.15) is 5.75 Å². The molecule has 1 aliphatic heterocycles. The number of hydrogen-bond donors (Lipinski definition) is 1. The van der Waals surface area contributed by atoms with E-state index < -0.39 is 11.5 Å².